The largest absolute Gasteiger partial charge is 0.416 e. The van der Waals surface area contributed by atoms with Crippen molar-refractivity contribution in [3.8, 4) is 11.3 Å². The standard InChI is InChI=1S/C21H23F3N2O2/c1-20(2,28)19(27)26-11-5-7-15(13-26)18-10-4-9-17(25-18)14-6-3-8-16(12-14)21(22,23)24/h3-4,6,8-10,12,15,28H,5,7,11,13H2,1-2H3. The van der Waals surface area contributed by atoms with Gasteiger partial charge in [-0.25, -0.2) is 0 Å². The number of carbonyl (C=O) groups excluding carboxylic acids is 1. The smallest absolute Gasteiger partial charge is 0.381 e. The summed E-state index contributed by atoms with van der Waals surface area (Å²) in [7, 11) is 0. The summed E-state index contributed by atoms with van der Waals surface area (Å²) in [5.74, 6) is -0.350. The van der Waals surface area contributed by atoms with Crippen LogP contribution in [-0.4, -0.2) is 39.6 Å². The van der Waals surface area contributed by atoms with Crippen LogP contribution in [-0.2, 0) is 11.0 Å². The van der Waals surface area contributed by atoms with E-state index in [-0.39, 0.29) is 11.8 Å². The highest BCUT2D eigenvalue weighted by atomic mass is 19.4. The molecule has 1 aliphatic heterocycles. The summed E-state index contributed by atoms with van der Waals surface area (Å²) in [5, 5.41) is 9.98. The molecule has 0 aliphatic carbocycles. The van der Waals surface area contributed by atoms with Gasteiger partial charge in [-0.1, -0.05) is 18.2 Å². The minimum atomic E-state index is -4.41. The van der Waals surface area contributed by atoms with Crippen molar-refractivity contribution in [3.05, 3.63) is 53.7 Å². The Balaban J connectivity index is 1.85. The second-order valence-corrected chi connectivity index (χ2v) is 7.68. The van der Waals surface area contributed by atoms with Crippen LogP contribution in [0, 0.1) is 0 Å². The first-order chi connectivity index (χ1) is 13.1. The number of likely N-dealkylation sites (tertiary alicyclic amines) is 1. The van der Waals surface area contributed by atoms with Crippen molar-refractivity contribution in [1.82, 2.24) is 9.88 Å². The molecule has 0 spiro atoms. The second-order valence-electron chi connectivity index (χ2n) is 7.68. The van der Waals surface area contributed by atoms with Gasteiger partial charge in [-0.2, -0.15) is 13.2 Å². The van der Waals surface area contributed by atoms with Gasteiger partial charge >= 0.3 is 6.18 Å². The Morgan fingerprint density at radius 2 is 1.89 bits per heavy atom. The molecule has 2 heterocycles. The summed E-state index contributed by atoms with van der Waals surface area (Å²) < 4.78 is 39.0. The third-order valence-electron chi connectivity index (χ3n) is 4.91. The number of aromatic nitrogens is 1. The van der Waals surface area contributed by atoms with E-state index in [2.05, 4.69) is 4.98 Å². The monoisotopic (exact) mass is 392 g/mol. The van der Waals surface area contributed by atoms with Crippen LogP contribution in [0.1, 0.15) is 43.9 Å². The molecule has 1 aliphatic rings. The van der Waals surface area contributed by atoms with E-state index in [1.807, 2.05) is 6.07 Å². The van der Waals surface area contributed by atoms with E-state index in [9.17, 15) is 23.1 Å². The average Bonchev–Trinajstić information content (AvgIpc) is 2.66. The number of alkyl halides is 3. The minimum Gasteiger partial charge on any atom is -0.381 e. The molecule has 1 fully saturated rings. The van der Waals surface area contributed by atoms with Crippen LogP contribution < -0.4 is 0 Å². The molecule has 1 aromatic carbocycles. The van der Waals surface area contributed by atoms with Gasteiger partial charge in [0.1, 0.15) is 5.60 Å². The maximum Gasteiger partial charge on any atom is 0.416 e. The zero-order valence-electron chi connectivity index (χ0n) is 15.8. The van der Waals surface area contributed by atoms with Crippen LogP contribution in [0.25, 0.3) is 11.3 Å². The number of aliphatic hydroxyl groups is 1. The molecule has 1 atom stereocenters. The normalized spacial score (nSPS) is 18.2. The summed E-state index contributed by atoms with van der Waals surface area (Å²) in [5.41, 5.74) is -0.540. The molecule has 4 nitrogen and oxygen atoms in total. The number of rotatable bonds is 3. The molecule has 1 unspecified atom stereocenters. The first-order valence-electron chi connectivity index (χ1n) is 9.22. The predicted molar refractivity (Wildman–Crippen MR) is 99.5 cm³/mol. The number of amides is 1. The SMILES string of the molecule is CC(C)(O)C(=O)N1CCCC(c2cccc(-c3cccc(C(F)(F)F)c3)n2)C1. The lowest BCUT2D eigenvalue weighted by molar-refractivity contribution is -0.149. The van der Waals surface area contributed by atoms with Gasteiger partial charge in [0.2, 0.25) is 0 Å². The Labute approximate surface area is 162 Å². The van der Waals surface area contributed by atoms with E-state index < -0.39 is 17.3 Å². The zero-order chi connectivity index (χ0) is 20.5. The Bertz CT molecular complexity index is 859. The lowest BCUT2D eigenvalue weighted by Crippen LogP contribution is -2.48. The van der Waals surface area contributed by atoms with E-state index in [4.69, 9.17) is 0 Å². The van der Waals surface area contributed by atoms with Crippen LogP contribution in [0.5, 0.6) is 0 Å². The summed E-state index contributed by atoms with van der Waals surface area (Å²) in [6.07, 6.45) is -2.80. The molecule has 3 rings (SSSR count). The molecule has 150 valence electrons. The molecular formula is C21H23F3N2O2. The van der Waals surface area contributed by atoms with Gasteiger partial charge in [-0.05, 0) is 51.0 Å². The van der Waals surface area contributed by atoms with Crippen molar-refractivity contribution in [2.75, 3.05) is 13.1 Å². The highest BCUT2D eigenvalue weighted by Crippen LogP contribution is 2.33. The van der Waals surface area contributed by atoms with Crippen LogP contribution in [0.2, 0.25) is 0 Å². The van der Waals surface area contributed by atoms with Gasteiger partial charge in [0.15, 0.2) is 0 Å². The van der Waals surface area contributed by atoms with Crippen molar-refractivity contribution >= 4 is 5.91 Å². The van der Waals surface area contributed by atoms with Gasteiger partial charge in [-0.3, -0.25) is 9.78 Å². The molecule has 0 saturated carbocycles. The van der Waals surface area contributed by atoms with Crippen molar-refractivity contribution < 1.29 is 23.1 Å². The van der Waals surface area contributed by atoms with Crippen molar-refractivity contribution in [1.29, 1.82) is 0 Å². The molecule has 2 aromatic rings. The Hall–Kier alpha value is -2.41. The number of benzene rings is 1. The number of halogens is 3. The highest BCUT2D eigenvalue weighted by molar-refractivity contribution is 5.84. The number of nitrogens with zero attached hydrogens (tertiary/aromatic N) is 2. The van der Waals surface area contributed by atoms with Gasteiger partial charge < -0.3 is 10.0 Å². The molecule has 1 amide bonds. The fourth-order valence-corrected chi connectivity index (χ4v) is 3.48. The fourth-order valence-electron chi connectivity index (χ4n) is 3.48. The molecule has 0 bridgehead atoms. The summed E-state index contributed by atoms with van der Waals surface area (Å²) >= 11 is 0. The molecular weight excluding hydrogens is 369 g/mol. The van der Waals surface area contributed by atoms with Crippen LogP contribution >= 0.6 is 0 Å². The van der Waals surface area contributed by atoms with E-state index in [0.717, 1.165) is 30.7 Å². The molecule has 0 radical (unpaired) electrons. The third kappa shape index (κ3) is 4.52. The Kier molecular flexibility index (Phi) is 5.48. The van der Waals surface area contributed by atoms with Crippen LogP contribution in [0.15, 0.2) is 42.5 Å². The van der Waals surface area contributed by atoms with E-state index >= 15 is 0 Å². The van der Waals surface area contributed by atoms with E-state index in [1.54, 1.807) is 23.1 Å². The van der Waals surface area contributed by atoms with Crippen molar-refractivity contribution in [3.63, 3.8) is 0 Å². The van der Waals surface area contributed by atoms with Crippen LogP contribution in [0.3, 0.4) is 0 Å². The first-order valence-corrected chi connectivity index (χ1v) is 9.22. The first kappa shape index (κ1) is 20.3. The number of pyridine rings is 1. The second kappa shape index (κ2) is 7.54. The highest BCUT2D eigenvalue weighted by Gasteiger charge is 2.33. The van der Waals surface area contributed by atoms with Gasteiger partial charge in [-0.15, -0.1) is 0 Å². The Morgan fingerprint density at radius 1 is 1.18 bits per heavy atom. The molecule has 1 N–H and O–H groups in total. The predicted octanol–water partition coefficient (Wildman–Crippen LogP) is 4.24. The summed E-state index contributed by atoms with van der Waals surface area (Å²) in [6, 6.07) is 10.4. The topological polar surface area (TPSA) is 53.4 Å². The number of hydrogen-bond acceptors (Lipinski definition) is 3. The molecule has 7 heteroatoms. The Morgan fingerprint density at radius 3 is 2.57 bits per heavy atom. The fraction of sp³-hybridized carbons (Fsp3) is 0.429. The van der Waals surface area contributed by atoms with Gasteiger partial charge in [0.25, 0.3) is 5.91 Å². The van der Waals surface area contributed by atoms with Gasteiger partial charge in [0, 0.05) is 30.3 Å². The van der Waals surface area contributed by atoms with Gasteiger partial charge in [0.05, 0.1) is 11.3 Å². The summed E-state index contributed by atoms with van der Waals surface area (Å²) in [4.78, 5) is 18.6. The zero-order valence-corrected chi connectivity index (χ0v) is 15.8. The number of carbonyl (C=O) groups is 1. The number of hydrogen-bond donors (Lipinski definition) is 1. The summed E-state index contributed by atoms with van der Waals surface area (Å²) in [6.45, 7) is 3.94. The van der Waals surface area contributed by atoms with Crippen molar-refractivity contribution in [2.24, 2.45) is 0 Å². The lowest BCUT2D eigenvalue weighted by atomic mass is 9.92. The lowest BCUT2D eigenvalue weighted by Gasteiger charge is -2.35. The van der Waals surface area contributed by atoms with Crippen LogP contribution in [0.4, 0.5) is 13.2 Å². The van der Waals surface area contributed by atoms with E-state index in [1.165, 1.54) is 19.9 Å². The number of piperidine rings is 1. The maximum atomic E-state index is 13.0. The molecule has 28 heavy (non-hydrogen) atoms. The third-order valence-corrected chi connectivity index (χ3v) is 4.91. The quantitative estimate of drug-likeness (QED) is 0.850. The average molecular weight is 392 g/mol. The minimum absolute atomic E-state index is 0.0224. The molecule has 1 aromatic heterocycles. The molecule has 1 saturated heterocycles. The maximum absolute atomic E-state index is 13.0. The van der Waals surface area contributed by atoms with Crippen molar-refractivity contribution in [2.45, 2.75) is 44.4 Å². The van der Waals surface area contributed by atoms with E-state index in [0.29, 0.717) is 24.3 Å².